The van der Waals surface area contributed by atoms with E-state index in [-0.39, 0.29) is 11.9 Å². The van der Waals surface area contributed by atoms with E-state index < -0.39 is 0 Å². The highest BCUT2D eigenvalue weighted by atomic mass is 79.9. The molecule has 0 saturated carbocycles. The van der Waals surface area contributed by atoms with Crippen molar-refractivity contribution in [3.63, 3.8) is 0 Å². The van der Waals surface area contributed by atoms with Gasteiger partial charge in [0.25, 0.3) is 0 Å². The number of carbonyl (C=O) groups excluding carboxylic acids is 1. The average Bonchev–Trinajstić information content (AvgIpc) is 2.85. The van der Waals surface area contributed by atoms with E-state index >= 15 is 0 Å². The Labute approximate surface area is 126 Å². The van der Waals surface area contributed by atoms with Gasteiger partial charge in [0.1, 0.15) is 12.7 Å². The van der Waals surface area contributed by atoms with E-state index in [1.807, 2.05) is 32.0 Å². The monoisotopic (exact) mass is 336 g/mol. The van der Waals surface area contributed by atoms with Crippen LogP contribution in [-0.4, -0.2) is 26.7 Å². The topological polar surface area (TPSA) is 59.8 Å². The predicted octanol–water partition coefficient (Wildman–Crippen LogP) is 2.10. The highest BCUT2D eigenvalue weighted by Crippen LogP contribution is 2.16. The third kappa shape index (κ3) is 4.16. The highest BCUT2D eigenvalue weighted by Gasteiger charge is 2.10. The molecule has 5 nitrogen and oxygen atoms in total. The second-order valence-corrected chi connectivity index (χ2v) is 5.75. The van der Waals surface area contributed by atoms with Crippen LogP contribution in [0.5, 0.6) is 0 Å². The van der Waals surface area contributed by atoms with Crippen LogP contribution in [-0.2, 0) is 17.8 Å². The maximum atomic E-state index is 12.0. The number of rotatable bonds is 5. The van der Waals surface area contributed by atoms with Crippen molar-refractivity contribution < 1.29 is 4.79 Å². The number of nitrogens with zero attached hydrogens (tertiary/aromatic N) is 3. The quantitative estimate of drug-likeness (QED) is 0.909. The molecule has 106 valence electrons. The zero-order valence-electron chi connectivity index (χ0n) is 11.5. The standard InChI is InChI=1S/C14H17BrN4O/c1-10-5-13(15)4-3-12(10)6-14(20)18-11(2)7-19-9-16-8-17-19/h3-5,8-9,11H,6-7H2,1-2H3,(H,18,20)/t11-/m1/s1. The maximum absolute atomic E-state index is 12.0. The van der Waals surface area contributed by atoms with Crippen molar-refractivity contribution in [2.45, 2.75) is 32.9 Å². The lowest BCUT2D eigenvalue weighted by atomic mass is 10.1. The lowest BCUT2D eigenvalue weighted by molar-refractivity contribution is -0.121. The Balaban J connectivity index is 1.88. The first kappa shape index (κ1) is 14.7. The number of aryl methyl sites for hydroxylation is 1. The Bertz CT molecular complexity index is 583. The summed E-state index contributed by atoms with van der Waals surface area (Å²) in [6.45, 7) is 4.57. The minimum atomic E-state index is 0.0138. The van der Waals surface area contributed by atoms with Gasteiger partial charge in [-0.05, 0) is 37.1 Å². The number of nitrogens with one attached hydrogen (secondary N) is 1. The third-order valence-corrected chi connectivity index (χ3v) is 3.48. The van der Waals surface area contributed by atoms with Crippen molar-refractivity contribution in [3.05, 3.63) is 46.5 Å². The Morgan fingerprint density at radius 3 is 2.95 bits per heavy atom. The molecule has 1 aromatic carbocycles. The van der Waals surface area contributed by atoms with Crippen molar-refractivity contribution in [1.82, 2.24) is 20.1 Å². The fourth-order valence-electron chi connectivity index (χ4n) is 2.01. The van der Waals surface area contributed by atoms with Crippen molar-refractivity contribution in [2.24, 2.45) is 0 Å². The SMILES string of the molecule is Cc1cc(Br)ccc1CC(=O)N[C@H](C)Cn1cncn1. The van der Waals surface area contributed by atoms with Crippen LogP contribution in [0.3, 0.4) is 0 Å². The summed E-state index contributed by atoms with van der Waals surface area (Å²) in [7, 11) is 0. The first-order chi connectivity index (χ1) is 9.54. The van der Waals surface area contributed by atoms with Crippen molar-refractivity contribution in [1.29, 1.82) is 0 Å². The molecule has 0 unspecified atom stereocenters. The number of benzene rings is 1. The molecule has 0 aliphatic carbocycles. The van der Waals surface area contributed by atoms with Crippen LogP contribution in [0.15, 0.2) is 35.3 Å². The summed E-state index contributed by atoms with van der Waals surface area (Å²) >= 11 is 3.42. The van der Waals surface area contributed by atoms with Crippen LogP contribution in [0.2, 0.25) is 0 Å². The zero-order chi connectivity index (χ0) is 14.5. The number of amides is 1. The smallest absolute Gasteiger partial charge is 0.224 e. The van der Waals surface area contributed by atoms with Gasteiger partial charge >= 0.3 is 0 Å². The van der Waals surface area contributed by atoms with Crippen molar-refractivity contribution in [3.8, 4) is 0 Å². The minimum Gasteiger partial charge on any atom is -0.351 e. The maximum Gasteiger partial charge on any atom is 0.224 e. The summed E-state index contributed by atoms with van der Waals surface area (Å²) in [4.78, 5) is 15.9. The van der Waals surface area contributed by atoms with Gasteiger partial charge in [-0.15, -0.1) is 0 Å². The van der Waals surface area contributed by atoms with Crippen molar-refractivity contribution >= 4 is 21.8 Å². The molecule has 1 amide bonds. The van der Waals surface area contributed by atoms with Gasteiger partial charge in [0, 0.05) is 10.5 Å². The molecule has 0 saturated heterocycles. The molecule has 0 bridgehead atoms. The summed E-state index contributed by atoms with van der Waals surface area (Å²) in [5.41, 5.74) is 2.15. The Morgan fingerprint density at radius 2 is 2.30 bits per heavy atom. The number of halogens is 1. The molecule has 0 aliphatic rings. The second-order valence-electron chi connectivity index (χ2n) is 4.83. The van der Waals surface area contributed by atoms with E-state index in [9.17, 15) is 4.79 Å². The first-order valence-corrected chi connectivity index (χ1v) is 7.20. The van der Waals surface area contributed by atoms with Gasteiger partial charge in [-0.1, -0.05) is 22.0 Å². The van der Waals surface area contributed by atoms with E-state index in [2.05, 4.69) is 31.3 Å². The molecule has 0 radical (unpaired) electrons. The van der Waals surface area contributed by atoms with E-state index in [1.165, 1.54) is 6.33 Å². The summed E-state index contributed by atoms with van der Waals surface area (Å²) in [6.07, 6.45) is 3.52. The Morgan fingerprint density at radius 1 is 1.50 bits per heavy atom. The Kier molecular flexibility index (Phi) is 4.89. The van der Waals surface area contributed by atoms with E-state index in [0.29, 0.717) is 13.0 Å². The van der Waals surface area contributed by atoms with Crippen LogP contribution in [0.1, 0.15) is 18.1 Å². The summed E-state index contributed by atoms with van der Waals surface area (Å²) < 4.78 is 2.73. The molecule has 6 heteroatoms. The van der Waals surface area contributed by atoms with Crippen LogP contribution >= 0.6 is 15.9 Å². The second kappa shape index (κ2) is 6.65. The summed E-state index contributed by atoms with van der Waals surface area (Å²) in [5, 5.41) is 6.99. The lowest BCUT2D eigenvalue weighted by Gasteiger charge is -2.14. The van der Waals surface area contributed by atoms with Gasteiger partial charge in [0.2, 0.25) is 5.91 Å². The zero-order valence-corrected chi connectivity index (χ0v) is 13.1. The molecule has 20 heavy (non-hydrogen) atoms. The summed E-state index contributed by atoms with van der Waals surface area (Å²) in [6, 6.07) is 5.96. The predicted molar refractivity (Wildman–Crippen MR) is 80.2 cm³/mol. The fourth-order valence-corrected chi connectivity index (χ4v) is 2.49. The molecule has 0 aliphatic heterocycles. The molecule has 0 fully saturated rings. The number of hydrogen-bond donors (Lipinski definition) is 1. The van der Waals surface area contributed by atoms with Gasteiger partial charge in [0.15, 0.2) is 0 Å². The van der Waals surface area contributed by atoms with E-state index in [4.69, 9.17) is 0 Å². The number of hydrogen-bond acceptors (Lipinski definition) is 3. The largest absolute Gasteiger partial charge is 0.351 e. The highest BCUT2D eigenvalue weighted by molar-refractivity contribution is 9.10. The summed E-state index contributed by atoms with van der Waals surface area (Å²) in [5.74, 6) is 0.0167. The van der Waals surface area contributed by atoms with Gasteiger partial charge in [-0.2, -0.15) is 5.10 Å². The first-order valence-electron chi connectivity index (χ1n) is 6.41. The molecular formula is C14H17BrN4O. The molecule has 1 heterocycles. The molecule has 1 aromatic heterocycles. The number of aromatic nitrogens is 3. The average molecular weight is 337 g/mol. The Hall–Kier alpha value is -1.69. The normalized spacial score (nSPS) is 12.2. The lowest BCUT2D eigenvalue weighted by Crippen LogP contribution is -2.36. The van der Waals surface area contributed by atoms with Crippen LogP contribution in [0.4, 0.5) is 0 Å². The molecule has 2 rings (SSSR count). The third-order valence-electron chi connectivity index (χ3n) is 2.99. The molecule has 2 aromatic rings. The fraction of sp³-hybridized carbons (Fsp3) is 0.357. The molecule has 0 spiro atoms. The van der Waals surface area contributed by atoms with Gasteiger partial charge < -0.3 is 5.32 Å². The van der Waals surface area contributed by atoms with Crippen molar-refractivity contribution in [2.75, 3.05) is 0 Å². The van der Waals surface area contributed by atoms with Crippen LogP contribution in [0, 0.1) is 6.92 Å². The van der Waals surface area contributed by atoms with E-state index in [0.717, 1.165) is 15.6 Å². The minimum absolute atomic E-state index is 0.0138. The molecular weight excluding hydrogens is 320 g/mol. The number of carbonyl (C=O) groups is 1. The molecule has 1 atom stereocenters. The van der Waals surface area contributed by atoms with Crippen LogP contribution < -0.4 is 5.32 Å². The van der Waals surface area contributed by atoms with Crippen LogP contribution in [0.25, 0.3) is 0 Å². The van der Waals surface area contributed by atoms with Gasteiger partial charge in [-0.3, -0.25) is 9.48 Å². The van der Waals surface area contributed by atoms with Gasteiger partial charge in [-0.25, -0.2) is 4.98 Å². The van der Waals surface area contributed by atoms with Gasteiger partial charge in [0.05, 0.1) is 13.0 Å². The van der Waals surface area contributed by atoms with E-state index in [1.54, 1.807) is 11.0 Å². The molecule has 1 N–H and O–H groups in total.